The summed E-state index contributed by atoms with van der Waals surface area (Å²) in [4.78, 5) is 5.49. The lowest BCUT2D eigenvalue weighted by Gasteiger charge is -2.09. The van der Waals surface area contributed by atoms with E-state index in [-0.39, 0.29) is 12.6 Å². The number of aliphatic hydroxyl groups excluding tert-OH is 1. The van der Waals surface area contributed by atoms with E-state index in [0.29, 0.717) is 0 Å². The highest BCUT2D eigenvalue weighted by atomic mass is 32.1. The number of aryl methyl sites for hydroxylation is 2. The minimum Gasteiger partial charge on any atom is -0.394 e. The van der Waals surface area contributed by atoms with Gasteiger partial charge >= 0.3 is 0 Å². The van der Waals surface area contributed by atoms with Gasteiger partial charge in [-0.25, -0.2) is 4.98 Å². The third-order valence-electron chi connectivity index (χ3n) is 1.82. The number of hydrogen-bond donors (Lipinski definition) is 2. The second-order valence-corrected chi connectivity index (χ2v) is 4.03. The predicted octanol–water partition coefficient (Wildman–Crippen LogP) is 1.72. The van der Waals surface area contributed by atoms with Crippen LogP contribution in [0, 0.1) is 13.8 Å². The molecular weight excluding hydrogens is 184 g/mol. The first kappa shape index (κ1) is 10.2. The Morgan fingerprint density at radius 3 is 2.77 bits per heavy atom. The van der Waals surface area contributed by atoms with E-state index in [4.69, 9.17) is 5.11 Å². The van der Waals surface area contributed by atoms with Crippen LogP contribution in [-0.2, 0) is 0 Å². The molecule has 3 nitrogen and oxygen atoms in total. The van der Waals surface area contributed by atoms with Crippen LogP contribution in [0.1, 0.15) is 10.6 Å². The first-order valence-electron chi connectivity index (χ1n) is 4.11. The molecule has 1 unspecified atom stereocenters. The zero-order chi connectivity index (χ0) is 9.84. The van der Waals surface area contributed by atoms with Gasteiger partial charge in [-0.2, -0.15) is 0 Å². The quantitative estimate of drug-likeness (QED) is 0.724. The summed E-state index contributed by atoms with van der Waals surface area (Å²) in [5.41, 5.74) is 1.04. The summed E-state index contributed by atoms with van der Waals surface area (Å²) in [6, 6.07) is -0.107. The molecule has 0 saturated carbocycles. The molecule has 1 heterocycles. The van der Waals surface area contributed by atoms with Crippen molar-refractivity contribution in [2.45, 2.75) is 19.9 Å². The third kappa shape index (κ3) is 2.54. The van der Waals surface area contributed by atoms with Crippen LogP contribution >= 0.6 is 11.3 Å². The Morgan fingerprint density at radius 1 is 1.69 bits per heavy atom. The van der Waals surface area contributed by atoms with Crippen LogP contribution in [0.25, 0.3) is 0 Å². The number of anilines is 1. The molecule has 0 spiro atoms. The number of thiazole rings is 1. The second kappa shape index (κ2) is 4.39. The molecule has 0 aromatic carbocycles. The molecule has 1 rings (SSSR count). The highest BCUT2D eigenvalue weighted by molar-refractivity contribution is 7.15. The lowest BCUT2D eigenvalue weighted by molar-refractivity contribution is 0.291. The minimum absolute atomic E-state index is 0.0428. The van der Waals surface area contributed by atoms with Crippen LogP contribution in [0.4, 0.5) is 5.13 Å². The number of rotatable bonds is 4. The van der Waals surface area contributed by atoms with Crippen molar-refractivity contribution in [3.8, 4) is 0 Å². The summed E-state index contributed by atoms with van der Waals surface area (Å²) in [5, 5.41) is 12.8. The fraction of sp³-hybridized carbons (Fsp3) is 0.444. The molecule has 0 aliphatic carbocycles. The van der Waals surface area contributed by atoms with Crippen molar-refractivity contribution in [3.05, 3.63) is 23.2 Å². The third-order valence-corrected chi connectivity index (χ3v) is 2.82. The van der Waals surface area contributed by atoms with Gasteiger partial charge in [0.2, 0.25) is 0 Å². The highest BCUT2D eigenvalue weighted by Crippen LogP contribution is 2.21. The number of nitrogens with zero attached hydrogens (tertiary/aromatic N) is 1. The fourth-order valence-electron chi connectivity index (χ4n) is 0.872. The van der Waals surface area contributed by atoms with Crippen molar-refractivity contribution in [1.29, 1.82) is 0 Å². The molecule has 72 valence electrons. The van der Waals surface area contributed by atoms with Gasteiger partial charge in [0.25, 0.3) is 0 Å². The summed E-state index contributed by atoms with van der Waals surface area (Å²) < 4.78 is 0. The molecule has 4 heteroatoms. The van der Waals surface area contributed by atoms with Crippen molar-refractivity contribution in [2.75, 3.05) is 11.9 Å². The van der Waals surface area contributed by atoms with Crippen molar-refractivity contribution in [3.63, 3.8) is 0 Å². The van der Waals surface area contributed by atoms with Gasteiger partial charge in [-0.15, -0.1) is 17.9 Å². The molecule has 1 aromatic heterocycles. The van der Waals surface area contributed by atoms with E-state index >= 15 is 0 Å². The summed E-state index contributed by atoms with van der Waals surface area (Å²) in [6.07, 6.45) is 1.67. The summed E-state index contributed by atoms with van der Waals surface area (Å²) in [6.45, 7) is 7.65. The van der Waals surface area contributed by atoms with Gasteiger partial charge in [0.05, 0.1) is 18.3 Å². The Kier molecular flexibility index (Phi) is 3.45. The van der Waals surface area contributed by atoms with E-state index in [0.717, 1.165) is 10.8 Å². The van der Waals surface area contributed by atoms with Gasteiger partial charge in [-0.1, -0.05) is 6.08 Å². The SMILES string of the molecule is C=CC(CO)Nc1nc(C)c(C)s1. The molecular formula is C9H14N2OS. The minimum atomic E-state index is -0.107. The van der Waals surface area contributed by atoms with E-state index in [9.17, 15) is 0 Å². The molecule has 0 bridgehead atoms. The van der Waals surface area contributed by atoms with Crippen molar-refractivity contribution < 1.29 is 5.11 Å². The Hall–Kier alpha value is -0.870. The summed E-state index contributed by atoms with van der Waals surface area (Å²) in [7, 11) is 0. The van der Waals surface area contributed by atoms with Crippen LogP contribution in [-0.4, -0.2) is 22.7 Å². The largest absolute Gasteiger partial charge is 0.394 e. The van der Waals surface area contributed by atoms with Crippen LogP contribution in [0.3, 0.4) is 0 Å². The lowest BCUT2D eigenvalue weighted by atomic mass is 10.3. The van der Waals surface area contributed by atoms with Gasteiger partial charge in [-0.3, -0.25) is 0 Å². The van der Waals surface area contributed by atoms with Crippen molar-refractivity contribution in [1.82, 2.24) is 4.98 Å². The molecule has 0 saturated heterocycles. The molecule has 1 aromatic rings. The maximum Gasteiger partial charge on any atom is 0.183 e. The first-order chi connectivity index (χ1) is 6.17. The average molecular weight is 198 g/mol. The number of aromatic nitrogens is 1. The first-order valence-corrected chi connectivity index (χ1v) is 4.93. The molecule has 0 aliphatic heterocycles. The number of aliphatic hydroxyl groups is 1. The summed E-state index contributed by atoms with van der Waals surface area (Å²) in [5.74, 6) is 0. The van der Waals surface area contributed by atoms with Crippen LogP contribution in [0.5, 0.6) is 0 Å². The molecule has 0 fully saturated rings. The monoisotopic (exact) mass is 198 g/mol. The van der Waals surface area contributed by atoms with E-state index in [1.165, 1.54) is 4.88 Å². The molecule has 0 radical (unpaired) electrons. The number of nitrogens with one attached hydrogen (secondary N) is 1. The summed E-state index contributed by atoms with van der Waals surface area (Å²) >= 11 is 1.59. The Bertz CT molecular complexity index is 276. The predicted molar refractivity (Wildman–Crippen MR) is 56.3 cm³/mol. The Labute approximate surface area is 82.1 Å². The highest BCUT2D eigenvalue weighted by Gasteiger charge is 2.06. The van der Waals surface area contributed by atoms with Crippen LogP contribution in [0.2, 0.25) is 0 Å². The lowest BCUT2D eigenvalue weighted by Crippen LogP contribution is -2.20. The Morgan fingerprint density at radius 2 is 2.38 bits per heavy atom. The van der Waals surface area contributed by atoms with E-state index in [2.05, 4.69) is 16.9 Å². The zero-order valence-electron chi connectivity index (χ0n) is 7.87. The second-order valence-electron chi connectivity index (χ2n) is 2.83. The van der Waals surface area contributed by atoms with E-state index < -0.39 is 0 Å². The molecule has 1 atom stereocenters. The molecule has 2 N–H and O–H groups in total. The number of hydrogen-bond acceptors (Lipinski definition) is 4. The van der Waals surface area contributed by atoms with E-state index in [1.54, 1.807) is 17.4 Å². The van der Waals surface area contributed by atoms with Crippen molar-refractivity contribution in [2.24, 2.45) is 0 Å². The van der Waals surface area contributed by atoms with E-state index in [1.807, 2.05) is 13.8 Å². The maximum absolute atomic E-state index is 8.91. The Balaban J connectivity index is 2.68. The molecule has 13 heavy (non-hydrogen) atoms. The zero-order valence-corrected chi connectivity index (χ0v) is 8.69. The van der Waals surface area contributed by atoms with Crippen LogP contribution < -0.4 is 5.32 Å². The topological polar surface area (TPSA) is 45.1 Å². The van der Waals surface area contributed by atoms with Gasteiger partial charge in [0.1, 0.15) is 0 Å². The van der Waals surface area contributed by atoms with Gasteiger partial charge in [-0.05, 0) is 13.8 Å². The van der Waals surface area contributed by atoms with Gasteiger partial charge in [0.15, 0.2) is 5.13 Å². The fourth-order valence-corrected chi connectivity index (χ4v) is 1.75. The normalized spacial score (nSPS) is 12.5. The average Bonchev–Trinajstić information content (AvgIpc) is 2.42. The molecule has 0 aliphatic rings. The molecule has 0 amide bonds. The standard InChI is InChI=1S/C9H14N2OS/c1-4-8(5-12)11-9-10-6(2)7(3)13-9/h4,8,12H,1,5H2,2-3H3,(H,10,11). The van der Waals surface area contributed by atoms with Crippen molar-refractivity contribution >= 4 is 16.5 Å². The smallest absolute Gasteiger partial charge is 0.183 e. The van der Waals surface area contributed by atoms with Gasteiger partial charge < -0.3 is 10.4 Å². The van der Waals surface area contributed by atoms with Gasteiger partial charge in [0, 0.05) is 4.88 Å². The van der Waals surface area contributed by atoms with Crippen LogP contribution in [0.15, 0.2) is 12.7 Å². The maximum atomic E-state index is 8.91.